The first-order valence-corrected chi connectivity index (χ1v) is 5.68. The van der Waals surface area contributed by atoms with Crippen molar-refractivity contribution in [1.82, 2.24) is 4.98 Å². The van der Waals surface area contributed by atoms with Gasteiger partial charge in [0.25, 0.3) is 0 Å². The number of aryl methyl sites for hydroxylation is 1. The maximum Gasteiger partial charge on any atom is 0.301 e. The number of nitrogens with two attached hydrogens (primary N) is 1. The molecular formula is C13H15N3O2. The van der Waals surface area contributed by atoms with Crippen LogP contribution in [0.25, 0.3) is 0 Å². The van der Waals surface area contributed by atoms with Gasteiger partial charge in [-0.2, -0.15) is 4.98 Å². The number of carbonyl (C=O) groups excluding carboxylic acids is 1. The number of hydrogen-bond acceptors (Lipinski definition) is 4. The molecule has 1 aromatic heterocycles. The molecule has 0 bridgehead atoms. The van der Waals surface area contributed by atoms with Crippen molar-refractivity contribution in [2.75, 3.05) is 11.9 Å². The van der Waals surface area contributed by atoms with Gasteiger partial charge < -0.3 is 10.2 Å². The quantitative estimate of drug-likeness (QED) is 0.858. The van der Waals surface area contributed by atoms with Crippen molar-refractivity contribution in [3.8, 4) is 0 Å². The third-order valence-electron chi connectivity index (χ3n) is 2.60. The molecule has 0 saturated heterocycles. The normalized spacial score (nSPS) is 12.1. The number of nitrogens with zero attached hydrogens (tertiary/aromatic N) is 1. The van der Waals surface area contributed by atoms with E-state index in [2.05, 4.69) is 10.3 Å². The zero-order chi connectivity index (χ0) is 13.0. The van der Waals surface area contributed by atoms with Crippen molar-refractivity contribution in [3.63, 3.8) is 0 Å². The molecular weight excluding hydrogens is 230 g/mol. The molecule has 0 saturated carbocycles. The number of aromatic nitrogens is 1. The second-order valence-corrected chi connectivity index (χ2v) is 3.98. The summed E-state index contributed by atoms with van der Waals surface area (Å²) < 4.78 is 5.08. The summed E-state index contributed by atoms with van der Waals surface area (Å²) in [6, 6.07) is 9.59. The van der Waals surface area contributed by atoms with Gasteiger partial charge >= 0.3 is 6.01 Å². The van der Waals surface area contributed by atoms with Gasteiger partial charge in [-0.3, -0.25) is 10.1 Å². The number of amides is 1. The Hall–Kier alpha value is -2.14. The summed E-state index contributed by atoms with van der Waals surface area (Å²) in [5.74, 6) is -0.621. The predicted molar refractivity (Wildman–Crippen MR) is 68.1 cm³/mol. The molecule has 1 unspecified atom stereocenters. The predicted octanol–water partition coefficient (Wildman–Crippen LogP) is 1.66. The lowest BCUT2D eigenvalue weighted by atomic mass is 9.98. The fourth-order valence-electron chi connectivity index (χ4n) is 1.68. The van der Waals surface area contributed by atoms with Crippen molar-refractivity contribution in [2.45, 2.75) is 12.8 Å². The Labute approximate surface area is 105 Å². The number of nitrogens with one attached hydrogen (secondary N) is 1. The van der Waals surface area contributed by atoms with E-state index in [1.54, 1.807) is 6.92 Å². The summed E-state index contributed by atoms with van der Waals surface area (Å²) in [4.78, 5) is 16.1. The van der Waals surface area contributed by atoms with E-state index in [4.69, 9.17) is 10.2 Å². The van der Waals surface area contributed by atoms with E-state index >= 15 is 0 Å². The van der Waals surface area contributed by atoms with Gasteiger partial charge in [0.2, 0.25) is 5.91 Å². The molecule has 1 atom stereocenters. The van der Waals surface area contributed by atoms with E-state index in [0.717, 1.165) is 5.56 Å². The molecule has 1 amide bonds. The van der Waals surface area contributed by atoms with Gasteiger partial charge in [-0.25, -0.2) is 0 Å². The van der Waals surface area contributed by atoms with E-state index < -0.39 is 5.92 Å². The number of anilines is 1. The number of carbonyl (C=O) groups is 1. The maximum atomic E-state index is 12.1. The monoisotopic (exact) mass is 245 g/mol. The Morgan fingerprint density at radius 2 is 2.17 bits per heavy atom. The summed E-state index contributed by atoms with van der Waals surface area (Å²) in [6.07, 6.45) is 1.48. The highest BCUT2D eigenvalue weighted by atomic mass is 16.4. The molecule has 0 aliphatic heterocycles. The van der Waals surface area contributed by atoms with Crippen molar-refractivity contribution in [3.05, 3.63) is 47.9 Å². The molecule has 18 heavy (non-hydrogen) atoms. The fourth-order valence-corrected chi connectivity index (χ4v) is 1.68. The van der Waals surface area contributed by atoms with Crippen LogP contribution in [0.2, 0.25) is 0 Å². The number of rotatable bonds is 4. The number of benzene rings is 1. The molecule has 0 fully saturated rings. The topological polar surface area (TPSA) is 81.2 Å². The Bertz CT molecular complexity index is 522. The highest BCUT2D eigenvalue weighted by Crippen LogP contribution is 2.17. The molecule has 94 valence electrons. The Morgan fingerprint density at radius 1 is 1.44 bits per heavy atom. The van der Waals surface area contributed by atoms with Crippen LogP contribution in [-0.2, 0) is 4.79 Å². The first kappa shape index (κ1) is 12.3. The number of oxazole rings is 1. The number of hydrogen-bond donors (Lipinski definition) is 2. The molecule has 1 heterocycles. The summed E-state index contributed by atoms with van der Waals surface area (Å²) in [5.41, 5.74) is 7.25. The van der Waals surface area contributed by atoms with Gasteiger partial charge in [-0.05, 0) is 12.5 Å². The minimum absolute atomic E-state index is 0.201. The lowest BCUT2D eigenvalue weighted by molar-refractivity contribution is -0.117. The second kappa shape index (κ2) is 5.46. The summed E-state index contributed by atoms with van der Waals surface area (Å²) >= 11 is 0. The molecule has 0 aliphatic carbocycles. The van der Waals surface area contributed by atoms with Crippen LogP contribution in [0.4, 0.5) is 6.01 Å². The zero-order valence-corrected chi connectivity index (χ0v) is 10.1. The summed E-state index contributed by atoms with van der Waals surface area (Å²) in [7, 11) is 0. The molecule has 0 radical (unpaired) electrons. The third kappa shape index (κ3) is 2.75. The first-order chi connectivity index (χ1) is 8.70. The van der Waals surface area contributed by atoms with E-state index in [-0.39, 0.29) is 18.5 Å². The zero-order valence-electron chi connectivity index (χ0n) is 10.1. The lowest BCUT2D eigenvalue weighted by Crippen LogP contribution is -2.27. The van der Waals surface area contributed by atoms with E-state index in [9.17, 15) is 4.79 Å². The van der Waals surface area contributed by atoms with Crippen LogP contribution < -0.4 is 11.1 Å². The summed E-state index contributed by atoms with van der Waals surface area (Å²) in [6.45, 7) is 2.02. The molecule has 1 aromatic carbocycles. The third-order valence-corrected chi connectivity index (χ3v) is 2.60. The molecule has 0 aliphatic rings. The maximum absolute atomic E-state index is 12.1. The standard InChI is InChI=1S/C13H15N3O2/c1-9-8-18-13(15-9)16-12(17)11(7-14)10-5-3-2-4-6-10/h2-6,8,11H,7,14H2,1H3,(H,15,16,17). The Kier molecular flexibility index (Phi) is 3.74. The van der Waals surface area contributed by atoms with Gasteiger partial charge in [0.15, 0.2) is 0 Å². The van der Waals surface area contributed by atoms with E-state index in [1.165, 1.54) is 6.26 Å². The van der Waals surface area contributed by atoms with Crippen LogP contribution in [0.3, 0.4) is 0 Å². The van der Waals surface area contributed by atoms with Crippen molar-refractivity contribution >= 4 is 11.9 Å². The fraction of sp³-hybridized carbons (Fsp3) is 0.231. The van der Waals surface area contributed by atoms with Gasteiger partial charge in [0.05, 0.1) is 11.6 Å². The smallest absolute Gasteiger partial charge is 0.301 e. The van der Waals surface area contributed by atoms with Crippen LogP contribution in [0.1, 0.15) is 17.2 Å². The largest absolute Gasteiger partial charge is 0.432 e. The van der Waals surface area contributed by atoms with E-state index in [0.29, 0.717) is 5.69 Å². The van der Waals surface area contributed by atoms with Gasteiger partial charge in [-0.1, -0.05) is 30.3 Å². The summed E-state index contributed by atoms with van der Waals surface area (Å²) in [5, 5.41) is 2.62. The van der Waals surface area contributed by atoms with Crippen molar-refractivity contribution in [2.24, 2.45) is 5.73 Å². The van der Waals surface area contributed by atoms with Crippen molar-refractivity contribution < 1.29 is 9.21 Å². The first-order valence-electron chi connectivity index (χ1n) is 5.68. The molecule has 2 rings (SSSR count). The van der Waals surface area contributed by atoms with Crippen LogP contribution in [0.15, 0.2) is 41.0 Å². The van der Waals surface area contributed by atoms with Crippen LogP contribution in [0, 0.1) is 6.92 Å². The average Bonchev–Trinajstić information content (AvgIpc) is 2.77. The molecule has 5 heteroatoms. The van der Waals surface area contributed by atoms with Gasteiger partial charge in [0.1, 0.15) is 6.26 Å². The Morgan fingerprint density at radius 3 is 2.72 bits per heavy atom. The molecule has 5 nitrogen and oxygen atoms in total. The average molecular weight is 245 g/mol. The lowest BCUT2D eigenvalue weighted by Gasteiger charge is -2.13. The van der Waals surface area contributed by atoms with E-state index in [1.807, 2.05) is 30.3 Å². The SMILES string of the molecule is Cc1coc(NC(=O)C(CN)c2ccccc2)n1. The second-order valence-electron chi connectivity index (χ2n) is 3.98. The Balaban J connectivity index is 2.11. The van der Waals surface area contributed by atoms with Gasteiger partial charge in [0, 0.05) is 6.54 Å². The minimum Gasteiger partial charge on any atom is -0.432 e. The highest BCUT2D eigenvalue weighted by Gasteiger charge is 2.20. The highest BCUT2D eigenvalue weighted by molar-refractivity contribution is 5.94. The molecule has 3 N–H and O–H groups in total. The minimum atomic E-state index is -0.404. The van der Waals surface area contributed by atoms with Crippen LogP contribution >= 0.6 is 0 Å². The van der Waals surface area contributed by atoms with Crippen LogP contribution in [-0.4, -0.2) is 17.4 Å². The van der Waals surface area contributed by atoms with Gasteiger partial charge in [-0.15, -0.1) is 0 Å². The van der Waals surface area contributed by atoms with Crippen LogP contribution in [0.5, 0.6) is 0 Å². The molecule has 2 aromatic rings. The molecule has 0 spiro atoms. The van der Waals surface area contributed by atoms with Crippen molar-refractivity contribution in [1.29, 1.82) is 0 Å².